The van der Waals surface area contributed by atoms with Crippen molar-refractivity contribution in [3.63, 3.8) is 0 Å². The summed E-state index contributed by atoms with van der Waals surface area (Å²) in [6.45, 7) is 4.99. The molecule has 2 aliphatic heterocycles. The summed E-state index contributed by atoms with van der Waals surface area (Å²) >= 11 is 0. The van der Waals surface area contributed by atoms with Gasteiger partial charge in [-0.2, -0.15) is 20.1 Å². The summed E-state index contributed by atoms with van der Waals surface area (Å²) in [5.41, 5.74) is 3.69. The summed E-state index contributed by atoms with van der Waals surface area (Å²) in [6, 6.07) is 6.91. The van der Waals surface area contributed by atoms with E-state index in [0.29, 0.717) is 76.2 Å². The van der Waals surface area contributed by atoms with Gasteiger partial charge in [0.15, 0.2) is 6.61 Å². The average Bonchev–Trinajstić information content (AvgIpc) is 2.84. The minimum atomic E-state index is -1.02. The number of aliphatic carboxylic acids is 1. The second-order valence-corrected chi connectivity index (χ2v) is 7.08. The fourth-order valence-electron chi connectivity index (χ4n) is 3.17. The summed E-state index contributed by atoms with van der Waals surface area (Å²) in [7, 11) is 0. The van der Waals surface area contributed by atoms with Gasteiger partial charge in [0.2, 0.25) is 17.8 Å². The van der Waals surface area contributed by atoms with Gasteiger partial charge >= 0.3 is 5.97 Å². The standard InChI is InChI=1S/C20H25N7O5/c28-17(29)14-32-16-3-1-15(2-4-16)13-21-25-18-22-19(26-5-9-30-10-6-26)24-20(23-18)27-7-11-31-12-8-27/h1-4,13H,5-12,14H2,(H,28,29)(H,22,23,24,25)/b21-13+. The maximum absolute atomic E-state index is 10.6. The van der Waals surface area contributed by atoms with Crippen molar-refractivity contribution in [3.8, 4) is 5.75 Å². The van der Waals surface area contributed by atoms with Gasteiger partial charge in [0.05, 0.1) is 32.6 Å². The summed E-state index contributed by atoms with van der Waals surface area (Å²) in [4.78, 5) is 28.4. The Morgan fingerprint density at radius 1 is 1.00 bits per heavy atom. The van der Waals surface area contributed by atoms with Crippen molar-refractivity contribution in [2.45, 2.75) is 0 Å². The first kappa shape index (κ1) is 21.7. The molecule has 0 saturated carbocycles. The van der Waals surface area contributed by atoms with Crippen molar-refractivity contribution >= 4 is 30.0 Å². The molecule has 2 N–H and O–H groups in total. The van der Waals surface area contributed by atoms with E-state index in [2.05, 4.69) is 35.3 Å². The number of nitrogens with one attached hydrogen (secondary N) is 1. The first-order valence-electron chi connectivity index (χ1n) is 10.3. The summed E-state index contributed by atoms with van der Waals surface area (Å²) in [6.07, 6.45) is 1.62. The van der Waals surface area contributed by atoms with Gasteiger partial charge < -0.3 is 29.1 Å². The van der Waals surface area contributed by atoms with Crippen molar-refractivity contribution in [1.29, 1.82) is 0 Å². The maximum atomic E-state index is 10.6. The van der Waals surface area contributed by atoms with Crippen LogP contribution in [-0.2, 0) is 14.3 Å². The number of hydrazone groups is 1. The lowest BCUT2D eigenvalue weighted by Crippen LogP contribution is -2.40. The molecule has 32 heavy (non-hydrogen) atoms. The molecule has 0 unspecified atom stereocenters. The summed E-state index contributed by atoms with van der Waals surface area (Å²) < 4.78 is 16.0. The number of rotatable bonds is 8. The third-order valence-corrected chi connectivity index (χ3v) is 4.82. The molecule has 170 valence electrons. The van der Waals surface area contributed by atoms with Crippen LogP contribution in [0.5, 0.6) is 5.75 Å². The molecule has 2 fully saturated rings. The third-order valence-electron chi connectivity index (χ3n) is 4.82. The van der Waals surface area contributed by atoms with Crippen LogP contribution in [0.3, 0.4) is 0 Å². The molecule has 0 amide bonds. The van der Waals surface area contributed by atoms with Gasteiger partial charge in [-0.25, -0.2) is 10.2 Å². The number of morpholine rings is 2. The third kappa shape index (κ3) is 6.02. The molecule has 3 heterocycles. The fraction of sp³-hybridized carbons (Fsp3) is 0.450. The lowest BCUT2D eigenvalue weighted by Gasteiger charge is -2.30. The number of aromatic nitrogens is 3. The van der Waals surface area contributed by atoms with E-state index in [0.717, 1.165) is 5.56 Å². The molecule has 12 heteroatoms. The molecule has 2 aromatic rings. The van der Waals surface area contributed by atoms with Crippen molar-refractivity contribution in [1.82, 2.24) is 15.0 Å². The minimum absolute atomic E-state index is 0.348. The van der Waals surface area contributed by atoms with Crippen LogP contribution in [0.4, 0.5) is 17.8 Å². The van der Waals surface area contributed by atoms with Crippen LogP contribution in [-0.4, -0.2) is 91.5 Å². The Labute approximate surface area is 184 Å². The minimum Gasteiger partial charge on any atom is -0.482 e. The number of nitrogens with zero attached hydrogens (tertiary/aromatic N) is 6. The van der Waals surface area contributed by atoms with E-state index in [4.69, 9.17) is 19.3 Å². The Morgan fingerprint density at radius 2 is 1.56 bits per heavy atom. The largest absolute Gasteiger partial charge is 0.482 e. The van der Waals surface area contributed by atoms with Gasteiger partial charge in [-0.3, -0.25) is 0 Å². The Morgan fingerprint density at radius 3 is 2.09 bits per heavy atom. The summed E-state index contributed by atoms with van der Waals surface area (Å²) in [5.74, 6) is 0.968. The molecule has 4 rings (SSSR count). The quantitative estimate of drug-likeness (QED) is 0.435. The van der Waals surface area contributed by atoms with Crippen LogP contribution in [0.25, 0.3) is 0 Å². The van der Waals surface area contributed by atoms with E-state index in [-0.39, 0.29) is 6.61 Å². The van der Waals surface area contributed by atoms with Crippen LogP contribution in [0, 0.1) is 0 Å². The number of anilines is 3. The molecule has 2 saturated heterocycles. The van der Waals surface area contributed by atoms with Gasteiger partial charge in [0, 0.05) is 26.2 Å². The first-order chi connectivity index (χ1) is 15.7. The second-order valence-electron chi connectivity index (χ2n) is 7.08. The molecule has 0 radical (unpaired) electrons. The van der Waals surface area contributed by atoms with E-state index in [1.165, 1.54) is 0 Å². The second kappa shape index (κ2) is 10.7. The smallest absolute Gasteiger partial charge is 0.341 e. The zero-order chi connectivity index (χ0) is 22.2. The van der Waals surface area contributed by atoms with Crippen molar-refractivity contribution < 1.29 is 24.1 Å². The van der Waals surface area contributed by atoms with E-state index in [9.17, 15) is 4.79 Å². The van der Waals surface area contributed by atoms with Gasteiger partial charge in [-0.1, -0.05) is 0 Å². The van der Waals surface area contributed by atoms with E-state index in [1.54, 1.807) is 30.5 Å². The Hall–Kier alpha value is -3.51. The van der Waals surface area contributed by atoms with Crippen LogP contribution in [0.1, 0.15) is 5.56 Å². The number of carbonyl (C=O) groups is 1. The SMILES string of the molecule is O=C(O)COc1ccc(/C=N/Nc2nc(N3CCOCC3)nc(N3CCOCC3)n2)cc1. The zero-order valence-corrected chi connectivity index (χ0v) is 17.5. The molecule has 1 aromatic carbocycles. The van der Waals surface area contributed by atoms with Gasteiger partial charge in [-0.15, -0.1) is 0 Å². The highest BCUT2D eigenvalue weighted by atomic mass is 16.5. The molecule has 0 atom stereocenters. The Kier molecular flexibility index (Phi) is 7.25. The molecular weight excluding hydrogens is 418 g/mol. The van der Waals surface area contributed by atoms with Crippen LogP contribution in [0.2, 0.25) is 0 Å². The van der Waals surface area contributed by atoms with Gasteiger partial charge in [-0.05, 0) is 29.8 Å². The summed E-state index contributed by atoms with van der Waals surface area (Å²) in [5, 5.41) is 12.9. The normalized spacial score (nSPS) is 16.9. The topological polar surface area (TPSA) is 135 Å². The highest BCUT2D eigenvalue weighted by Crippen LogP contribution is 2.19. The average molecular weight is 443 g/mol. The molecule has 1 aromatic heterocycles. The molecular formula is C20H25N7O5. The zero-order valence-electron chi connectivity index (χ0n) is 17.5. The number of hydrogen-bond donors (Lipinski definition) is 2. The number of hydrogen-bond acceptors (Lipinski definition) is 11. The monoisotopic (exact) mass is 443 g/mol. The lowest BCUT2D eigenvalue weighted by atomic mass is 10.2. The molecule has 0 aliphatic carbocycles. The van der Waals surface area contributed by atoms with Gasteiger partial charge in [0.25, 0.3) is 0 Å². The number of carboxylic acid groups (broad SMARTS) is 1. The number of carboxylic acids is 1. The Balaban J connectivity index is 1.46. The lowest BCUT2D eigenvalue weighted by molar-refractivity contribution is -0.139. The Bertz CT molecular complexity index is 892. The van der Waals surface area contributed by atoms with Crippen molar-refractivity contribution in [2.24, 2.45) is 5.10 Å². The molecule has 0 bridgehead atoms. The highest BCUT2D eigenvalue weighted by Gasteiger charge is 2.20. The predicted molar refractivity (Wildman–Crippen MR) is 117 cm³/mol. The van der Waals surface area contributed by atoms with Crippen molar-refractivity contribution in [2.75, 3.05) is 74.4 Å². The van der Waals surface area contributed by atoms with E-state index in [1.807, 2.05) is 0 Å². The number of benzene rings is 1. The predicted octanol–water partition coefficient (Wildman–Crippen LogP) is 0.454. The molecule has 12 nitrogen and oxygen atoms in total. The highest BCUT2D eigenvalue weighted by molar-refractivity contribution is 5.80. The van der Waals surface area contributed by atoms with E-state index < -0.39 is 5.97 Å². The molecule has 2 aliphatic rings. The fourth-order valence-corrected chi connectivity index (χ4v) is 3.17. The maximum Gasteiger partial charge on any atom is 0.341 e. The van der Waals surface area contributed by atoms with Crippen LogP contribution in [0.15, 0.2) is 29.4 Å². The molecule has 0 spiro atoms. The van der Waals surface area contributed by atoms with Crippen LogP contribution < -0.4 is 20.0 Å². The van der Waals surface area contributed by atoms with Crippen molar-refractivity contribution in [3.05, 3.63) is 29.8 Å². The first-order valence-corrected chi connectivity index (χ1v) is 10.3. The number of ether oxygens (including phenoxy) is 3. The van der Waals surface area contributed by atoms with Gasteiger partial charge in [0.1, 0.15) is 5.75 Å². The van der Waals surface area contributed by atoms with Crippen LogP contribution >= 0.6 is 0 Å². The van der Waals surface area contributed by atoms with E-state index >= 15 is 0 Å².